The predicted molar refractivity (Wildman–Crippen MR) is 50.9 cm³/mol. The maximum Gasteiger partial charge on any atom is 0.317 e. The lowest BCUT2D eigenvalue weighted by Crippen LogP contribution is -2.21. The van der Waals surface area contributed by atoms with Crippen LogP contribution in [0, 0.1) is 10.8 Å². The van der Waals surface area contributed by atoms with Gasteiger partial charge in [-0.1, -0.05) is 0 Å². The number of aromatic nitrogens is 2. The minimum Gasteiger partial charge on any atom is -0.351 e. The van der Waals surface area contributed by atoms with E-state index >= 15 is 0 Å². The van der Waals surface area contributed by atoms with Crippen molar-refractivity contribution in [3.05, 3.63) is 18.1 Å². The number of nitrogens with zero attached hydrogens (tertiary/aromatic N) is 2. The Morgan fingerprint density at radius 1 is 1.64 bits per heavy atom. The first-order valence-corrected chi connectivity index (χ1v) is 3.62. The van der Waals surface area contributed by atoms with Crippen molar-refractivity contribution in [3.8, 4) is 0 Å². The van der Waals surface area contributed by atoms with Crippen LogP contribution in [0.25, 0.3) is 0 Å². The fourth-order valence-electron chi connectivity index (χ4n) is 0.749. The maximum absolute atomic E-state index is 10.5. The molecule has 0 atom stereocenters. The quantitative estimate of drug-likeness (QED) is 0.502. The van der Waals surface area contributed by atoms with Gasteiger partial charge in [-0.15, -0.1) is 0 Å². The monoisotopic (exact) mass is 192 g/mol. The first-order chi connectivity index (χ1) is 6.63. The van der Waals surface area contributed by atoms with Crippen molar-refractivity contribution in [1.29, 1.82) is 10.8 Å². The molecule has 0 aliphatic rings. The topological polar surface area (TPSA) is 129 Å². The number of carbonyl (C=O) groups is 1. The third-order valence-electron chi connectivity index (χ3n) is 1.29. The summed E-state index contributed by atoms with van der Waals surface area (Å²) in [5.41, 5.74) is 4.73. The Labute approximate surface area is 79.4 Å². The van der Waals surface area contributed by atoms with Crippen LogP contribution < -0.4 is 11.1 Å². The molecule has 0 aliphatic carbocycles. The standard InChI is InChI=1S/C7H8N6O/c8-3-4(9)6-11-2-1-5(12-6)13-7(10)14/h1-3,8-9H,(H3,10,11,12,13,14). The molecular weight excluding hydrogens is 184 g/mol. The normalized spacial score (nSPS) is 9.14. The van der Waals surface area contributed by atoms with E-state index in [0.29, 0.717) is 0 Å². The van der Waals surface area contributed by atoms with Crippen molar-refractivity contribution in [2.24, 2.45) is 5.73 Å². The molecule has 72 valence electrons. The number of anilines is 1. The second-order valence-electron chi connectivity index (χ2n) is 2.31. The third kappa shape index (κ3) is 2.34. The van der Waals surface area contributed by atoms with Gasteiger partial charge in [-0.2, -0.15) is 0 Å². The molecule has 0 bridgehead atoms. The highest BCUT2D eigenvalue weighted by Crippen LogP contribution is 2.01. The summed E-state index contributed by atoms with van der Waals surface area (Å²) in [6, 6.07) is 0.696. The molecule has 7 heteroatoms. The van der Waals surface area contributed by atoms with Crippen LogP contribution in [0.3, 0.4) is 0 Å². The Balaban J connectivity index is 2.94. The Morgan fingerprint density at radius 2 is 2.36 bits per heavy atom. The molecule has 7 nitrogen and oxygen atoms in total. The van der Waals surface area contributed by atoms with E-state index in [1.807, 2.05) is 0 Å². The number of hydrogen-bond acceptors (Lipinski definition) is 5. The van der Waals surface area contributed by atoms with E-state index in [4.69, 9.17) is 16.6 Å². The van der Waals surface area contributed by atoms with Gasteiger partial charge in [0.1, 0.15) is 11.5 Å². The van der Waals surface area contributed by atoms with E-state index in [1.165, 1.54) is 12.3 Å². The van der Waals surface area contributed by atoms with Gasteiger partial charge in [-0.25, -0.2) is 14.8 Å². The molecule has 0 saturated heterocycles. The molecule has 0 fully saturated rings. The summed E-state index contributed by atoms with van der Waals surface area (Å²) in [5.74, 6) is 0.264. The van der Waals surface area contributed by atoms with Gasteiger partial charge in [0.05, 0.1) is 0 Å². The largest absolute Gasteiger partial charge is 0.351 e. The van der Waals surface area contributed by atoms with Crippen molar-refractivity contribution >= 4 is 23.8 Å². The van der Waals surface area contributed by atoms with Gasteiger partial charge < -0.3 is 11.1 Å². The number of rotatable bonds is 3. The average Bonchev–Trinajstić information content (AvgIpc) is 2.16. The molecule has 2 amide bonds. The van der Waals surface area contributed by atoms with E-state index in [9.17, 15) is 4.79 Å². The maximum atomic E-state index is 10.5. The summed E-state index contributed by atoms with van der Waals surface area (Å²) < 4.78 is 0. The molecule has 0 aliphatic heterocycles. The molecule has 0 radical (unpaired) electrons. The van der Waals surface area contributed by atoms with Crippen molar-refractivity contribution in [1.82, 2.24) is 9.97 Å². The molecule has 1 rings (SSSR count). The van der Waals surface area contributed by atoms with E-state index in [2.05, 4.69) is 15.3 Å². The molecule has 1 aromatic rings. The van der Waals surface area contributed by atoms with Crippen LogP contribution in [0.1, 0.15) is 5.82 Å². The highest BCUT2D eigenvalue weighted by atomic mass is 16.2. The molecule has 0 spiro atoms. The molecule has 0 unspecified atom stereocenters. The lowest BCUT2D eigenvalue weighted by Gasteiger charge is -2.01. The summed E-state index contributed by atoms with van der Waals surface area (Å²) in [5, 5.41) is 16.3. The summed E-state index contributed by atoms with van der Waals surface area (Å²) in [6.45, 7) is 0. The molecule has 1 heterocycles. The van der Waals surface area contributed by atoms with Crippen LogP contribution in [0.5, 0.6) is 0 Å². The van der Waals surface area contributed by atoms with Gasteiger partial charge in [0, 0.05) is 12.4 Å². The second kappa shape index (κ2) is 4.08. The average molecular weight is 192 g/mol. The summed E-state index contributed by atoms with van der Waals surface area (Å²) in [6.07, 6.45) is 2.18. The molecule has 14 heavy (non-hydrogen) atoms. The van der Waals surface area contributed by atoms with Crippen molar-refractivity contribution in [3.63, 3.8) is 0 Å². The van der Waals surface area contributed by atoms with Crippen molar-refractivity contribution < 1.29 is 4.79 Å². The zero-order valence-corrected chi connectivity index (χ0v) is 7.11. The Bertz CT molecular complexity index is 388. The third-order valence-corrected chi connectivity index (χ3v) is 1.29. The smallest absolute Gasteiger partial charge is 0.317 e. The van der Waals surface area contributed by atoms with Gasteiger partial charge in [0.2, 0.25) is 0 Å². The highest BCUT2D eigenvalue weighted by molar-refractivity contribution is 6.34. The number of hydrogen-bond donors (Lipinski definition) is 4. The van der Waals surface area contributed by atoms with Gasteiger partial charge in [0.25, 0.3) is 0 Å². The zero-order valence-electron chi connectivity index (χ0n) is 7.11. The first kappa shape index (κ1) is 9.78. The molecule has 0 saturated carbocycles. The summed E-state index contributed by atoms with van der Waals surface area (Å²) in [7, 11) is 0. The minimum absolute atomic E-state index is 0.0613. The number of urea groups is 1. The van der Waals surface area contributed by atoms with Crippen LogP contribution in [0.4, 0.5) is 10.6 Å². The van der Waals surface area contributed by atoms with Gasteiger partial charge in [-0.3, -0.25) is 10.7 Å². The highest BCUT2D eigenvalue weighted by Gasteiger charge is 2.03. The van der Waals surface area contributed by atoms with E-state index < -0.39 is 6.03 Å². The fraction of sp³-hybridized carbons (Fsp3) is 0. The summed E-state index contributed by atoms with van der Waals surface area (Å²) in [4.78, 5) is 18.0. The van der Waals surface area contributed by atoms with Crippen molar-refractivity contribution in [2.45, 2.75) is 0 Å². The molecule has 5 N–H and O–H groups in total. The first-order valence-electron chi connectivity index (χ1n) is 3.62. The Morgan fingerprint density at radius 3 is 2.93 bits per heavy atom. The van der Waals surface area contributed by atoms with Crippen LogP contribution in [0.15, 0.2) is 12.3 Å². The molecular formula is C7H8N6O. The number of amides is 2. The van der Waals surface area contributed by atoms with E-state index in [-0.39, 0.29) is 17.4 Å². The van der Waals surface area contributed by atoms with E-state index in [0.717, 1.165) is 6.21 Å². The minimum atomic E-state index is -0.740. The number of nitrogens with one attached hydrogen (secondary N) is 3. The van der Waals surface area contributed by atoms with Crippen LogP contribution >= 0.6 is 0 Å². The van der Waals surface area contributed by atoms with Crippen molar-refractivity contribution in [2.75, 3.05) is 5.32 Å². The molecule has 1 aromatic heterocycles. The number of primary amides is 1. The summed E-state index contributed by atoms with van der Waals surface area (Å²) >= 11 is 0. The zero-order chi connectivity index (χ0) is 10.6. The predicted octanol–water partition coefficient (Wildman–Crippen LogP) is -0.0154. The Hall–Kier alpha value is -2.31. The number of nitrogens with two attached hydrogens (primary N) is 1. The Kier molecular flexibility index (Phi) is 2.85. The van der Waals surface area contributed by atoms with Crippen LogP contribution in [-0.4, -0.2) is 27.9 Å². The van der Waals surface area contributed by atoms with Crippen LogP contribution in [-0.2, 0) is 0 Å². The van der Waals surface area contributed by atoms with Gasteiger partial charge in [-0.05, 0) is 6.07 Å². The van der Waals surface area contributed by atoms with Crippen LogP contribution in [0.2, 0.25) is 0 Å². The molecule has 0 aromatic carbocycles. The second-order valence-corrected chi connectivity index (χ2v) is 2.31. The number of carbonyl (C=O) groups excluding carboxylic acids is 1. The lowest BCUT2D eigenvalue weighted by molar-refractivity contribution is 0.259. The van der Waals surface area contributed by atoms with Gasteiger partial charge >= 0.3 is 6.03 Å². The lowest BCUT2D eigenvalue weighted by atomic mass is 10.4. The van der Waals surface area contributed by atoms with E-state index in [1.54, 1.807) is 0 Å². The fourth-order valence-corrected chi connectivity index (χ4v) is 0.749. The SMILES string of the molecule is N=CC(=N)c1nccc(NC(N)=O)n1. The van der Waals surface area contributed by atoms with Gasteiger partial charge in [0.15, 0.2) is 5.82 Å².